The van der Waals surface area contributed by atoms with Gasteiger partial charge in [0.2, 0.25) is 0 Å². The van der Waals surface area contributed by atoms with Gasteiger partial charge >= 0.3 is 0 Å². The minimum atomic E-state index is 0.523. The van der Waals surface area contributed by atoms with Crippen molar-refractivity contribution in [2.24, 2.45) is 0 Å². The number of morpholine rings is 2. The van der Waals surface area contributed by atoms with Crippen molar-refractivity contribution < 1.29 is 9.47 Å². The summed E-state index contributed by atoms with van der Waals surface area (Å²) in [6, 6.07) is 1.41. The predicted octanol–water partition coefficient (Wildman–Crippen LogP) is 1.88. The summed E-state index contributed by atoms with van der Waals surface area (Å²) < 4.78 is 11.7. The van der Waals surface area contributed by atoms with E-state index in [1.807, 2.05) is 0 Å². The molecule has 0 radical (unpaired) electrons. The van der Waals surface area contributed by atoms with Crippen LogP contribution in [0.3, 0.4) is 0 Å². The first kappa shape index (κ1) is 14.4. The summed E-state index contributed by atoms with van der Waals surface area (Å²) in [5.41, 5.74) is 0. The number of nitrogens with zero attached hydrogens (tertiary/aromatic N) is 2. The zero-order valence-electron chi connectivity index (χ0n) is 13.5. The fourth-order valence-electron chi connectivity index (χ4n) is 4.60. The van der Waals surface area contributed by atoms with Crippen LogP contribution < -0.4 is 0 Å². The number of ether oxygens (including phenoxy) is 2. The van der Waals surface area contributed by atoms with E-state index in [1.54, 1.807) is 0 Å². The molecule has 120 valence electrons. The molecule has 5 rings (SSSR count). The molecule has 4 nitrogen and oxygen atoms in total. The topological polar surface area (TPSA) is 24.9 Å². The Labute approximate surface area is 128 Å². The van der Waals surface area contributed by atoms with Crippen LogP contribution in [-0.2, 0) is 9.47 Å². The second-order valence-electron chi connectivity index (χ2n) is 7.76. The monoisotopic (exact) mass is 294 g/mol. The molecular formula is C17H30N2O2. The molecule has 0 amide bonds. The molecule has 0 spiro atoms. The van der Waals surface area contributed by atoms with Crippen LogP contribution in [-0.4, -0.2) is 72.5 Å². The average Bonchev–Trinajstić information content (AvgIpc) is 2.82. The molecule has 6 atom stereocenters. The van der Waals surface area contributed by atoms with Gasteiger partial charge in [0.25, 0.3) is 0 Å². The Morgan fingerprint density at radius 3 is 1.62 bits per heavy atom. The van der Waals surface area contributed by atoms with Crippen molar-refractivity contribution in [2.75, 3.05) is 26.2 Å². The van der Waals surface area contributed by atoms with Gasteiger partial charge in [-0.05, 0) is 39.5 Å². The maximum Gasteiger partial charge on any atom is 0.0731 e. The molecule has 0 aromatic rings. The van der Waals surface area contributed by atoms with E-state index >= 15 is 0 Å². The van der Waals surface area contributed by atoms with E-state index in [4.69, 9.17) is 9.47 Å². The summed E-state index contributed by atoms with van der Waals surface area (Å²) in [4.78, 5) is 5.33. The standard InChI is InChI=1S/C17H30N2O2/c1-12(18-8-14-5-6-15(9-18)20-14)3-4-13(2)19-10-16-7-17(11-19)21-16/h12-17H,3-11H2,1-2H3. The first-order chi connectivity index (χ1) is 10.2. The van der Waals surface area contributed by atoms with E-state index in [2.05, 4.69) is 23.6 Å². The Morgan fingerprint density at radius 1 is 0.762 bits per heavy atom. The molecule has 4 heteroatoms. The van der Waals surface area contributed by atoms with Gasteiger partial charge in [-0.2, -0.15) is 0 Å². The van der Waals surface area contributed by atoms with Gasteiger partial charge in [0.15, 0.2) is 0 Å². The highest BCUT2D eigenvalue weighted by atomic mass is 16.5. The van der Waals surface area contributed by atoms with E-state index in [0.29, 0.717) is 36.5 Å². The third kappa shape index (κ3) is 3.00. The van der Waals surface area contributed by atoms with Gasteiger partial charge in [-0.25, -0.2) is 0 Å². The maximum atomic E-state index is 5.95. The van der Waals surface area contributed by atoms with Crippen LogP contribution in [0.2, 0.25) is 0 Å². The molecule has 0 aromatic carbocycles. The summed E-state index contributed by atoms with van der Waals surface area (Å²) >= 11 is 0. The van der Waals surface area contributed by atoms with Gasteiger partial charge in [-0.1, -0.05) is 0 Å². The second kappa shape index (κ2) is 5.80. The van der Waals surface area contributed by atoms with Crippen LogP contribution in [0.25, 0.3) is 0 Å². The second-order valence-corrected chi connectivity index (χ2v) is 7.76. The van der Waals surface area contributed by atoms with Crippen LogP contribution >= 0.6 is 0 Å². The lowest BCUT2D eigenvalue weighted by Crippen LogP contribution is -2.59. The van der Waals surface area contributed by atoms with Crippen LogP contribution in [0.5, 0.6) is 0 Å². The zero-order chi connectivity index (χ0) is 14.4. The Balaban J connectivity index is 1.22. The zero-order valence-corrected chi connectivity index (χ0v) is 13.5. The molecule has 0 aliphatic carbocycles. The largest absolute Gasteiger partial charge is 0.372 e. The van der Waals surface area contributed by atoms with Gasteiger partial charge < -0.3 is 9.47 Å². The van der Waals surface area contributed by atoms with Crippen LogP contribution in [0.15, 0.2) is 0 Å². The molecule has 6 unspecified atom stereocenters. The molecule has 0 saturated carbocycles. The van der Waals surface area contributed by atoms with E-state index in [0.717, 1.165) is 26.2 Å². The van der Waals surface area contributed by atoms with Crippen molar-refractivity contribution in [1.82, 2.24) is 9.80 Å². The number of fused-ring (bicyclic) bond motifs is 4. The van der Waals surface area contributed by atoms with Crippen LogP contribution in [0.1, 0.15) is 46.0 Å². The minimum absolute atomic E-state index is 0.523. The first-order valence-electron chi connectivity index (χ1n) is 8.96. The Morgan fingerprint density at radius 2 is 1.14 bits per heavy atom. The van der Waals surface area contributed by atoms with Crippen molar-refractivity contribution in [3.63, 3.8) is 0 Å². The molecule has 4 bridgehead atoms. The van der Waals surface area contributed by atoms with Crippen molar-refractivity contribution in [3.8, 4) is 0 Å². The maximum absolute atomic E-state index is 5.95. The highest BCUT2D eigenvalue weighted by Gasteiger charge is 2.40. The summed E-state index contributed by atoms with van der Waals surface area (Å²) in [6.07, 6.45) is 8.61. The van der Waals surface area contributed by atoms with Gasteiger partial charge in [-0.3, -0.25) is 9.80 Å². The Kier molecular flexibility index (Phi) is 3.99. The third-order valence-corrected chi connectivity index (χ3v) is 6.11. The van der Waals surface area contributed by atoms with Gasteiger partial charge in [0.05, 0.1) is 24.4 Å². The molecule has 0 aromatic heterocycles. The van der Waals surface area contributed by atoms with Gasteiger partial charge in [-0.15, -0.1) is 0 Å². The fourth-order valence-corrected chi connectivity index (χ4v) is 4.60. The number of hydrogen-bond donors (Lipinski definition) is 0. The molecule has 5 heterocycles. The van der Waals surface area contributed by atoms with E-state index in [1.165, 1.54) is 32.1 Å². The van der Waals surface area contributed by atoms with Crippen molar-refractivity contribution in [2.45, 2.75) is 82.5 Å². The SMILES string of the molecule is CC(CCC(C)N1CC2CC(C1)O2)N1CC2CCC(C1)O2. The molecule has 0 N–H and O–H groups in total. The summed E-state index contributed by atoms with van der Waals surface area (Å²) in [5, 5.41) is 0. The van der Waals surface area contributed by atoms with E-state index in [9.17, 15) is 0 Å². The van der Waals surface area contributed by atoms with Crippen molar-refractivity contribution in [1.29, 1.82) is 0 Å². The highest BCUT2D eigenvalue weighted by molar-refractivity contribution is 4.91. The number of piperidine rings is 1. The number of rotatable bonds is 5. The van der Waals surface area contributed by atoms with Crippen LogP contribution in [0.4, 0.5) is 0 Å². The fraction of sp³-hybridized carbons (Fsp3) is 1.00. The normalized spacial score (nSPS) is 42.6. The number of hydrogen-bond acceptors (Lipinski definition) is 4. The quantitative estimate of drug-likeness (QED) is 0.773. The van der Waals surface area contributed by atoms with Gasteiger partial charge in [0.1, 0.15) is 0 Å². The molecular weight excluding hydrogens is 264 g/mol. The highest BCUT2D eigenvalue weighted by Crippen LogP contribution is 2.31. The molecule has 5 aliphatic heterocycles. The average molecular weight is 294 g/mol. The lowest BCUT2D eigenvalue weighted by molar-refractivity contribution is -0.187. The summed E-state index contributed by atoms with van der Waals surface area (Å²) in [7, 11) is 0. The Bertz CT molecular complexity index is 350. The molecule has 5 saturated heterocycles. The first-order valence-corrected chi connectivity index (χ1v) is 8.96. The van der Waals surface area contributed by atoms with E-state index < -0.39 is 0 Å². The molecule has 5 fully saturated rings. The van der Waals surface area contributed by atoms with Crippen molar-refractivity contribution >= 4 is 0 Å². The summed E-state index contributed by atoms with van der Waals surface area (Å²) in [6.45, 7) is 9.46. The number of likely N-dealkylation sites (tertiary alicyclic amines) is 1. The molecule has 21 heavy (non-hydrogen) atoms. The lowest BCUT2D eigenvalue weighted by Gasteiger charge is -2.49. The predicted molar refractivity (Wildman–Crippen MR) is 82.5 cm³/mol. The third-order valence-electron chi connectivity index (χ3n) is 6.11. The van der Waals surface area contributed by atoms with Crippen molar-refractivity contribution in [3.05, 3.63) is 0 Å². The lowest BCUT2D eigenvalue weighted by atomic mass is 9.96. The minimum Gasteiger partial charge on any atom is -0.372 e. The van der Waals surface area contributed by atoms with E-state index in [-0.39, 0.29) is 0 Å². The summed E-state index contributed by atoms with van der Waals surface area (Å²) in [5.74, 6) is 0. The molecule has 5 aliphatic rings. The smallest absolute Gasteiger partial charge is 0.0731 e. The van der Waals surface area contributed by atoms with Crippen LogP contribution in [0, 0.1) is 0 Å². The Hall–Kier alpha value is -0.160. The van der Waals surface area contributed by atoms with Gasteiger partial charge in [0, 0.05) is 44.7 Å².